The van der Waals surface area contributed by atoms with E-state index in [0.717, 1.165) is 39.3 Å². The molecule has 4 rings (SSSR count). The molecule has 0 bridgehead atoms. The molecule has 0 saturated heterocycles. The number of nitrogens with zero attached hydrogens (tertiary/aromatic N) is 1. The van der Waals surface area contributed by atoms with Crippen LogP contribution in [0.1, 0.15) is 33.9 Å². The van der Waals surface area contributed by atoms with E-state index in [4.69, 9.17) is 23.3 Å². The topological polar surface area (TPSA) is 57.1 Å². The molecule has 1 unspecified atom stereocenters. The highest BCUT2D eigenvalue weighted by molar-refractivity contribution is 8.14. The minimum absolute atomic E-state index is 0.0450. The van der Waals surface area contributed by atoms with Gasteiger partial charge in [-0.05, 0) is 44.2 Å². The number of hydrogen-bond acceptors (Lipinski definition) is 6. The molecule has 0 aliphatic carbocycles. The maximum Gasteiger partial charge on any atom is 0.162 e. The number of furan rings is 2. The first kappa shape index (κ1) is 16.8. The van der Waals surface area contributed by atoms with Gasteiger partial charge < -0.3 is 18.3 Å². The zero-order valence-corrected chi connectivity index (χ0v) is 15.8. The third-order valence-electron chi connectivity index (χ3n) is 4.24. The summed E-state index contributed by atoms with van der Waals surface area (Å²) in [6, 6.07) is 11.7. The second-order valence-electron chi connectivity index (χ2n) is 6.04. The predicted molar refractivity (Wildman–Crippen MR) is 102 cm³/mol. The van der Waals surface area contributed by atoms with Gasteiger partial charge in [0.25, 0.3) is 0 Å². The van der Waals surface area contributed by atoms with Gasteiger partial charge in [0, 0.05) is 11.6 Å². The molecule has 0 spiro atoms. The minimum Gasteiger partial charge on any atom is -0.493 e. The Morgan fingerprint density at radius 1 is 0.923 bits per heavy atom. The van der Waals surface area contributed by atoms with Gasteiger partial charge in [-0.15, -0.1) is 0 Å². The molecule has 1 aromatic carbocycles. The van der Waals surface area contributed by atoms with Crippen molar-refractivity contribution in [2.45, 2.75) is 19.1 Å². The molecule has 0 N–H and O–H groups in total. The summed E-state index contributed by atoms with van der Waals surface area (Å²) in [6.45, 7) is 3.87. The highest BCUT2D eigenvalue weighted by Crippen LogP contribution is 2.50. The van der Waals surface area contributed by atoms with Gasteiger partial charge in [0.2, 0.25) is 0 Å². The van der Waals surface area contributed by atoms with Gasteiger partial charge in [0.1, 0.15) is 22.3 Å². The molecule has 3 heterocycles. The van der Waals surface area contributed by atoms with Crippen LogP contribution >= 0.6 is 11.8 Å². The fourth-order valence-corrected chi connectivity index (χ4v) is 4.13. The summed E-state index contributed by atoms with van der Waals surface area (Å²) in [6.07, 6.45) is 0. The molecule has 1 atom stereocenters. The average Bonchev–Trinajstić information content (AvgIpc) is 3.27. The summed E-state index contributed by atoms with van der Waals surface area (Å²) in [5, 5.41) is 0.772. The van der Waals surface area contributed by atoms with E-state index in [1.807, 2.05) is 50.2 Å². The van der Waals surface area contributed by atoms with E-state index in [1.165, 1.54) is 0 Å². The van der Waals surface area contributed by atoms with Crippen LogP contribution in [-0.4, -0.2) is 19.3 Å². The van der Waals surface area contributed by atoms with Gasteiger partial charge in [0.05, 0.1) is 25.2 Å². The second kappa shape index (κ2) is 6.61. The van der Waals surface area contributed by atoms with E-state index < -0.39 is 0 Å². The SMILES string of the molecule is COc1cc2c(cc1OC)C(c1ccc(C)o1)SC(c1ccc(C)o1)=N2. The van der Waals surface area contributed by atoms with Crippen LogP contribution in [0.15, 0.2) is 50.2 Å². The Morgan fingerprint density at radius 3 is 2.23 bits per heavy atom. The maximum absolute atomic E-state index is 5.92. The third-order valence-corrected chi connectivity index (χ3v) is 5.48. The molecule has 0 radical (unpaired) electrons. The van der Waals surface area contributed by atoms with Gasteiger partial charge in [-0.1, -0.05) is 11.8 Å². The third kappa shape index (κ3) is 2.90. The van der Waals surface area contributed by atoms with Gasteiger partial charge >= 0.3 is 0 Å². The van der Waals surface area contributed by atoms with E-state index in [1.54, 1.807) is 26.0 Å². The molecule has 0 saturated carbocycles. The molecule has 134 valence electrons. The number of aryl methyl sites for hydroxylation is 2. The highest BCUT2D eigenvalue weighted by Gasteiger charge is 2.31. The van der Waals surface area contributed by atoms with Crippen molar-refractivity contribution in [2.75, 3.05) is 14.2 Å². The molecule has 1 aliphatic rings. The Hall–Kier alpha value is -2.60. The lowest BCUT2D eigenvalue weighted by Gasteiger charge is -2.23. The van der Waals surface area contributed by atoms with Crippen molar-refractivity contribution in [1.29, 1.82) is 0 Å². The fourth-order valence-electron chi connectivity index (χ4n) is 2.97. The van der Waals surface area contributed by atoms with Gasteiger partial charge in [-0.2, -0.15) is 0 Å². The van der Waals surface area contributed by atoms with Crippen molar-refractivity contribution < 1.29 is 18.3 Å². The Kier molecular flexibility index (Phi) is 4.28. The second-order valence-corrected chi connectivity index (χ2v) is 7.13. The Bertz CT molecular complexity index is 986. The Balaban J connectivity index is 1.88. The number of fused-ring (bicyclic) bond motifs is 1. The first-order valence-corrected chi connectivity index (χ1v) is 9.11. The standard InChI is InChI=1S/C20H19NO4S/c1-11-5-7-15(24-11)19-13-9-17(22-3)18(23-4)10-14(13)21-20(26-19)16-8-6-12(2)25-16/h5-10,19H,1-4H3. The molecule has 5 nitrogen and oxygen atoms in total. The first-order chi connectivity index (χ1) is 12.6. The predicted octanol–water partition coefficient (Wildman–Crippen LogP) is 5.42. The quantitative estimate of drug-likeness (QED) is 0.614. The van der Waals surface area contributed by atoms with Crippen molar-refractivity contribution in [3.8, 4) is 11.5 Å². The van der Waals surface area contributed by atoms with Crippen LogP contribution in [0.25, 0.3) is 0 Å². The molecular weight excluding hydrogens is 350 g/mol. The van der Waals surface area contributed by atoms with Crippen LogP contribution in [0.4, 0.5) is 5.69 Å². The van der Waals surface area contributed by atoms with Gasteiger partial charge in [-0.25, -0.2) is 4.99 Å². The zero-order chi connectivity index (χ0) is 18.3. The fraction of sp³-hybridized carbons (Fsp3) is 0.250. The molecule has 6 heteroatoms. The van der Waals surface area contributed by atoms with E-state index in [2.05, 4.69) is 0 Å². The van der Waals surface area contributed by atoms with E-state index in [-0.39, 0.29) is 5.25 Å². The number of methoxy groups -OCH3 is 2. The largest absolute Gasteiger partial charge is 0.493 e. The molecule has 2 aromatic heterocycles. The normalized spacial score (nSPS) is 16.2. The number of ether oxygens (including phenoxy) is 2. The van der Waals surface area contributed by atoms with Gasteiger partial charge in [-0.3, -0.25) is 0 Å². The summed E-state index contributed by atoms with van der Waals surface area (Å²) in [4.78, 5) is 4.80. The van der Waals surface area contributed by atoms with Crippen molar-refractivity contribution in [2.24, 2.45) is 4.99 Å². The molecule has 26 heavy (non-hydrogen) atoms. The van der Waals surface area contributed by atoms with Crippen LogP contribution in [0.5, 0.6) is 11.5 Å². The number of thioether (sulfide) groups is 1. The lowest BCUT2D eigenvalue weighted by molar-refractivity contribution is 0.354. The van der Waals surface area contributed by atoms with E-state index in [9.17, 15) is 0 Å². The van der Waals surface area contributed by atoms with Crippen LogP contribution in [0.2, 0.25) is 0 Å². The van der Waals surface area contributed by atoms with E-state index >= 15 is 0 Å². The number of benzene rings is 1. The number of hydrogen-bond donors (Lipinski definition) is 0. The zero-order valence-electron chi connectivity index (χ0n) is 15.0. The van der Waals surface area contributed by atoms with Crippen molar-refractivity contribution in [3.63, 3.8) is 0 Å². The van der Waals surface area contributed by atoms with Crippen LogP contribution in [-0.2, 0) is 0 Å². The van der Waals surface area contributed by atoms with Crippen molar-refractivity contribution >= 4 is 22.5 Å². The summed E-state index contributed by atoms with van der Waals surface area (Å²) < 4.78 is 22.6. The van der Waals surface area contributed by atoms with E-state index in [0.29, 0.717) is 11.5 Å². The van der Waals surface area contributed by atoms with Crippen LogP contribution in [0.3, 0.4) is 0 Å². The van der Waals surface area contributed by atoms with Gasteiger partial charge in [0.15, 0.2) is 17.3 Å². The molecule has 1 aliphatic heterocycles. The lowest BCUT2D eigenvalue weighted by atomic mass is 10.1. The summed E-state index contributed by atoms with van der Waals surface area (Å²) >= 11 is 1.61. The average molecular weight is 369 g/mol. The monoisotopic (exact) mass is 369 g/mol. The van der Waals surface area contributed by atoms with Crippen molar-refractivity contribution in [3.05, 3.63) is 65.0 Å². The smallest absolute Gasteiger partial charge is 0.162 e. The lowest BCUT2D eigenvalue weighted by Crippen LogP contribution is -2.08. The number of rotatable bonds is 4. The number of aliphatic imine (C=N–C) groups is 1. The Morgan fingerprint density at radius 2 is 1.62 bits per heavy atom. The highest BCUT2D eigenvalue weighted by atomic mass is 32.2. The van der Waals surface area contributed by atoms with Crippen LogP contribution < -0.4 is 9.47 Å². The Labute approximate surface area is 156 Å². The minimum atomic E-state index is -0.0450. The van der Waals surface area contributed by atoms with Crippen LogP contribution in [0, 0.1) is 13.8 Å². The van der Waals surface area contributed by atoms with Crippen molar-refractivity contribution in [1.82, 2.24) is 0 Å². The molecular formula is C20H19NO4S. The first-order valence-electron chi connectivity index (χ1n) is 8.23. The summed E-state index contributed by atoms with van der Waals surface area (Å²) in [5.74, 6) is 4.67. The summed E-state index contributed by atoms with van der Waals surface area (Å²) in [7, 11) is 3.25. The maximum atomic E-state index is 5.92. The molecule has 3 aromatic rings. The molecule has 0 fully saturated rings. The molecule has 0 amide bonds. The summed E-state index contributed by atoms with van der Waals surface area (Å²) in [5.41, 5.74) is 1.85.